The third-order valence-electron chi connectivity index (χ3n) is 5.09. The van der Waals surface area contributed by atoms with E-state index in [1.807, 2.05) is 19.1 Å². The van der Waals surface area contributed by atoms with E-state index in [1.54, 1.807) is 18.9 Å². The molecule has 0 spiro atoms. The molecule has 1 aromatic rings. The fraction of sp³-hybridized carbons (Fsp3) is 0.500. The lowest BCUT2D eigenvalue weighted by Crippen LogP contribution is -2.40. The van der Waals surface area contributed by atoms with Gasteiger partial charge in [-0.2, -0.15) is 0 Å². The number of amides is 1. The molecule has 0 radical (unpaired) electrons. The van der Waals surface area contributed by atoms with Crippen LogP contribution in [-0.2, 0) is 24.5 Å². The molecular weight excluding hydrogens is 388 g/mol. The molecule has 7 heteroatoms. The number of esters is 1. The molecule has 156 valence electrons. The number of allylic oxidation sites excluding steroid dienone is 1. The lowest BCUT2D eigenvalue weighted by molar-refractivity contribution is -0.141. The van der Waals surface area contributed by atoms with Crippen molar-refractivity contribution in [2.24, 2.45) is 4.99 Å². The van der Waals surface area contributed by atoms with Crippen LogP contribution in [0.4, 0.5) is 0 Å². The van der Waals surface area contributed by atoms with Gasteiger partial charge in [-0.1, -0.05) is 56.8 Å². The van der Waals surface area contributed by atoms with E-state index in [9.17, 15) is 9.59 Å². The van der Waals surface area contributed by atoms with Crippen molar-refractivity contribution in [3.63, 3.8) is 0 Å². The summed E-state index contributed by atoms with van der Waals surface area (Å²) < 4.78 is 10.4. The Balaban J connectivity index is 2.04. The maximum Gasteiger partial charge on any atom is 0.338 e. The average molecular weight is 417 g/mol. The molecule has 3 rings (SSSR count). The molecule has 6 nitrogen and oxygen atoms in total. The van der Waals surface area contributed by atoms with E-state index in [1.165, 1.54) is 17.3 Å². The van der Waals surface area contributed by atoms with Gasteiger partial charge in [0, 0.05) is 7.11 Å². The lowest BCUT2D eigenvalue weighted by atomic mass is 9.85. The Morgan fingerprint density at radius 1 is 1.21 bits per heavy atom. The Labute approximate surface area is 176 Å². The van der Waals surface area contributed by atoms with E-state index in [2.05, 4.69) is 37.9 Å². The number of hydrogen-bond acceptors (Lipinski definition) is 6. The van der Waals surface area contributed by atoms with Gasteiger partial charge in [-0.15, -0.1) is 0 Å². The zero-order valence-electron chi connectivity index (χ0n) is 17.8. The van der Waals surface area contributed by atoms with Crippen LogP contribution in [0, 0.1) is 0 Å². The largest absolute Gasteiger partial charge is 0.460 e. The molecule has 2 aliphatic heterocycles. The van der Waals surface area contributed by atoms with Gasteiger partial charge < -0.3 is 9.47 Å². The zero-order valence-corrected chi connectivity index (χ0v) is 18.6. The van der Waals surface area contributed by atoms with Crippen molar-refractivity contribution in [1.29, 1.82) is 0 Å². The van der Waals surface area contributed by atoms with Crippen LogP contribution in [0.15, 0.2) is 40.5 Å². The Morgan fingerprint density at radius 3 is 2.45 bits per heavy atom. The van der Waals surface area contributed by atoms with Crippen molar-refractivity contribution in [1.82, 2.24) is 4.90 Å². The quantitative estimate of drug-likeness (QED) is 0.539. The first-order valence-electron chi connectivity index (χ1n) is 9.71. The van der Waals surface area contributed by atoms with Crippen LogP contribution in [0.3, 0.4) is 0 Å². The van der Waals surface area contributed by atoms with E-state index >= 15 is 0 Å². The topological polar surface area (TPSA) is 68.2 Å². The second kappa shape index (κ2) is 8.32. The number of carbonyl (C=O) groups is 2. The zero-order chi connectivity index (χ0) is 21.3. The van der Waals surface area contributed by atoms with Crippen LogP contribution in [0.5, 0.6) is 0 Å². The highest BCUT2D eigenvalue weighted by molar-refractivity contribution is 8.15. The molecule has 0 aliphatic carbocycles. The third kappa shape index (κ3) is 4.26. The summed E-state index contributed by atoms with van der Waals surface area (Å²) in [5.41, 5.74) is 3.05. The van der Waals surface area contributed by atoms with Gasteiger partial charge in [-0.3, -0.25) is 9.69 Å². The molecule has 0 N–H and O–H groups in total. The fourth-order valence-electron chi connectivity index (χ4n) is 3.44. The van der Waals surface area contributed by atoms with Crippen molar-refractivity contribution in [2.75, 3.05) is 20.3 Å². The highest BCUT2D eigenvalue weighted by Gasteiger charge is 2.46. The maximum atomic E-state index is 12.9. The van der Waals surface area contributed by atoms with Crippen LogP contribution in [0.2, 0.25) is 0 Å². The van der Waals surface area contributed by atoms with Crippen molar-refractivity contribution < 1.29 is 19.1 Å². The number of amidine groups is 1. The molecule has 2 heterocycles. The van der Waals surface area contributed by atoms with Gasteiger partial charge in [0.25, 0.3) is 0 Å². The molecule has 2 aliphatic rings. The highest BCUT2D eigenvalue weighted by atomic mass is 32.2. The molecule has 2 atom stereocenters. The number of nitrogens with zero attached hydrogens (tertiary/aromatic N) is 2. The van der Waals surface area contributed by atoms with Gasteiger partial charge in [0.2, 0.25) is 5.91 Å². The molecule has 1 amide bonds. The van der Waals surface area contributed by atoms with Crippen molar-refractivity contribution >= 4 is 28.8 Å². The van der Waals surface area contributed by atoms with Crippen LogP contribution in [-0.4, -0.2) is 47.5 Å². The summed E-state index contributed by atoms with van der Waals surface area (Å²) in [6, 6.07) is 7.55. The fourth-order valence-corrected chi connectivity index (χ4v) is 4.47. The van der Waals surface area contributed by atoms with Crippen molar-refractivity contribution in [3.8, 4) is 0 Å². The van der Waals surface area contributed by atoms with Gasteiger partial charge in [0.1, 0.15) is 6.61 Å². The molecule has 1 saturated heterocycles. The van der Waals surface area contributed by atoms with E-state index < -0.39 is 12.0 Å². The minimum Gasteiger partial charge on any atom is -0.460 e. The standard InChI is InChI=1S/C22H28N2O4S/c1-13-17(20(26)28-12-11-27-6)18(24-19(25)14(2)29-21(24)23-13)15-7-9-16(10-8-15)22(3,4)5/h7-10,14,18H,11-12H2,1-6H3/t14-,18-/m1/s1. The predicted molar refractivity (Wildman–Crippen MR) is 115 cm³/mol. The Bertz CT molecular complexity index is 868. The molecular formula is C22H28N2O4S. The van der Waals surface area contributed by atoms with Crippen LogP contribution >= 0.6 is 11.8 Å². The number of carbonyl (C=O) groups excluding carboxylic acids is 2. The first kappa shape index (κ1) is 21.6. The van der Waals surface area contributed by atoms with E-state index in [0.717, 1.165) is 5.56 Å². The highest BCUT2D eigenvalue weighted by Crippen LogP contribution is 2.43. The van der Waals surface area contributed by atoms with Crippen LogP contribution in [0.25, 0.3) is 0 Å². The maximum absolute atomic E-state index is 12.9. The van der Waals surface area contributed by atoms with Crippen LogP contribution < -0.4 is 0 Å². The van der Waals surface area contributed by atoms with Gasteiger partial charge in [-0.25, -0.2) is 9.79 Å². The molecule has 0 aromatic heterocycles. The number of methoxy groups -OCH3 is 1. The Kier molecular flexibility index (Phi) is 6.19. The number of hydrogen-bond donors (Lipinski definition) is 0. The van der Waals surface area contributed by atoms with E-state index in [0.29, 0.717) is 23.0 Å². The molecule has 0 unspecified atom stereocenters. The summed E-state index contributed by atoms with van der Waals surface area (Å²) in [6.07, 6.45) is 0. The summed E-state index contributed by atoms with van der Waals surface area (Å²) in [5, 5.41) is 0.403. The summed E-state index contributed by atoms with van der Waals surface area (Å²) in [4.78, 5) is 32.0. The number of fused-ring (bicyclic) bond motifs is 1. The molecule has 29 heavy (non-hydrogen) atoms. The minimum absolute atomic E-state index is 0.0131. The predicted octanol–water partition coefficient (Wildman–Crippen LogP) is 3.82. The Hall–Kier alpha value is -2.12. The molecule has 1 fully saturated rings. The van der Waals surface area contributed by atoms with Crippen LogP contribution in [0.1, 0.15) is 51.8 Å². The van der Waals surface area contributed by atoms with E-state index in [-0.39, 0.29) is 23.2 Å². The molecule has 0 bridgehead atoms. The second-order valence-electron chi connectivity index (χ2n) is 8.27. The smallest absolute Gasteiger partial charge is 0.338 e. The summed E-state index contributed by atoms with van der Waals surface area (Å²) in [5.74, 6) is -0.516. The summed E-state index contributed by atoms with van der Waals surface area (Å²) in [7, 11) is 1.55. The lowest BCUT2D eigenvalue weighted by Gasteiger charge is -2.33. The first-order valence-corrected chi connectivity index (χ1v) is 10.6. The number of benzene rings is 1. The minimum atomic E-state index is -0.545. The monoisotopic (exact) mass is 416 g/mol. The van der Waals surface area contributed by atoms with Crippen molar-refractivity contribution in [3.05, 3.63) is 46.7 Å². The van der Waals surface area contributed by atoms with Gasteiger partial charge >= 0.3 is 5.97 Å². The Morgan fingerprint density at radius 2 is 1.86 bits per heavy atom. The SMILES string of the molecule is COCCOC(=O)C1=C(C)N=C2S[C@H](C)C(=O)N2[C@@H]1c1ccc(C(C)(C)C)cc1. The second-order valence-corrected chi connectivity index (χ2v) is 9.57. The summed E-state index contributed by atoms with van der Waals surface area (Å²) >= 11 is 1.42. The van der Waals surface area contributed by atoms with Crippen molar-refractivity contribution in [2.45, 2.75) is 51.3 Å². The number of ether oxygens (including phenoxy) is 2. The first-order chi connectivity index (χ1) is 13.6. The number of rotatable bonds is 5. The summed E-state index contributed by atoms with van der Waals surface area (Å²) in [6.45, 7) is 10.6. The molecule has 0 saturated carbocycles. The molecule has 1 aromatic carbocycles. The average Bonchev–Trinajstić information content (AvgIpc) is 2.93. The van der Waals surface area contributed by atoms with E-state index in [4.69, 9.17) is 9.47 Å². The normalized spacial score (nSPS) is 21.9. The van der Waals surface area contributed by atoms with Gasteiger partial charge in [0.15, 0.2) is 5.17 Å². The number of thioether (sulfide) groups is 1. The number of aliphatic imine (C=N–C) groups is 1. The van der Waals surface area contributed by atoms with Gasteiger partial charge in [-0.05, 0) is 30.4 Å². The third-order valence-corrected chi connectivity index (χ3v) is 6.15. The van der Waals surface area contributed by atoms with Gasteiger partial charge in [0.05, 0.1) is 29.2 Å².